The van der Waals surface area contributed by atoms with E-state index in [0.717, 1.165) is 40.2 Å². The Hall–Kier alpha value is -3.18. The highest BCUT2D eigenvalue weighted by Crippen LogP contribution is 2.30. The van der Waals surface area contributed by atoms with E-state index in [1.165, 1.54) is 17.3 Å². The highest BCUT2D eigenvalue weighted by molar-refractivity contribution is 8.00. The third kappa shape index (κ3) is 5.70. The first kappa shape index (κ1) is 21.1. The van der Waals surface area contributed by atoms with Crippen molar-refractivity contribution in [2.24, 2.45) is 0 Å². The molecule has 0 aliphatic rings. The van der Waals surface area contributed by atoms with Gasteiger partial charge < -0.3 is 5.32 Å². The van der Waals surface area contributed by atoms with E-state index in [4.69, 9.17) is 9.97 Å². The summed E-state index contributed by atoms with van der Waals surface area (Å²) in [6.07, 6.45) is 1.86. The fraction of sp³-hybridized carbons (Fsp3) is 0.192. The summed E-state index contributed by atoms with van der Waals surface area (Å²) in [5.74, 6) is 0.322. The van der Waals surface area contributed by atoms with E-state index in [1.807, 2.05) is 72.8 Å². The van der Waals surface area contributed by atoms with Crippen molar-refractivity contribution in [3.05, 3.63) is 90.5 Å². The van der Waals surface area contributed by atoms with Gasteiger partial charge in [0.15, 0.2) is 0 Å². The molecule has 4 rings (SSSR count). The first-order valence-electron chi connectivity index (χ1n) is 10.5. The highest BCUT2D eigenvalue weighted by Gasteiger charge is 2.14. The van der Waals surface area contributed by atoms with Gasteiger partial charge in [0.2, 0.25) is 5.91 Å². The number of aromatic nitrogens is 2. The number of aryl methyl sites for hydroxylation is 1. The number of fused-ring (bicyclic) bond motifs is 1. The lowest BCUT2D eigenvalue weighted by atomic mass is 10.1. The van der Waals surface area contributed by atoms with E-state index in [2.05, 4.69) is 24.4 Å². The number of hydrogen-bond acceptors (Lipinski definition) is 4. The fourth-order valence-corrected chi connectivity index (χ4v) is 4.23. The molecule has 1 atom stereocenters. The fourth-order valence-electron chi connectivity index (χ4n) is 3.42. The molecule has 0 aliphatic carbocycles. The Kier molecular flexibility index (Phi) is 6.95. The monoisotopic (exact) mass is 427 g/mol. The van der Waals surface area contributed by atoms with Gasteiger partial charge in [0.1, 0.15) is 10.7 Å². The van der Waals surface area contributed by atoms with E-state index >= 15 is 0 Å². The molecule has 0 aliphatic heterocycles. The van der Waals surface area contributed by atoms with Crippen molar-refractivity contribution in [3.63, 3.8) is 0 Å². The number of rotatable bonds is 8. The summed E-state index contributed by atoms with van der Waals surface area (Å²) in [6.45, 7) is 2.05. The van der Waals surface area contributed by atoms with Crippen LogP contribution in [0.1, 0.15) is 18.9 Å². The Bertz CT molecular complexity index is 1150. The lowest BCUT2D eigenvalue weighted by Crippen LogP contribution is -2.34. The molecule has 156 valence electrons. The summed E-state index contributed by atoms with van der Waals surface area (Å²) in [4.78, 5) is 22.2. The Balaban J connectivity index is 1.42. The second-order valence-electron chi connectivity index (χ2n) is 7.51. The van der Waals surface area contributed by atoms with Crippen molar-refractivity contribution in [1.82, 2.24) is 15.3 Å². The van der Waals surface area contributed by atoms with E-state index in [1.54, 1.807) is 0 Å². The van der Waals surface area contributed by atoms with E-state index in [9.17, 15) is 4.79 Å². The highest BCUT2D eigenvalue weighted by atomic mass is 32.2. The molecule has 0 saturated heterocycles. The quantitative estimate of drug-likeness (QED) is 0.376. The maximum atomic E-state index is 12.6. The maximum absolute atomic E-state index is 12.6. The Morgan fingerprint density at radius 2 is 1.48 bits per heavy atom. The zero-order valence-corrected chi connectivity index (χ0v) is 18.3. The normalized spacial score (nSPS) is 11.9. The number of nitrogens with one attached hydrogen (secondary N) is 1. The Morgan fingerprint density at radius 1 is 0.871 bits per heavy atom. The van der Waals surface area contributed by atoms with Gasteiger partial charge in [0, 0.05) is 11.6 Å². The van der Waals surface area contributed by atoms with Crippen LogP contribution in [0.5, 0.6) is 0 Å². The molecule has 1 amide bonds. The minimum Gasteiger partial charge on any atom is -0.353 e. The van der Waals surface area contributed by atoms with Crippen LogP contribution in [-0.2, 0) is 11.2 Å². The van der Waals surface area contributed by atoms with Crippen LogP contribution in [0.3, 0.4) is 0 Å². The molecule has 3 aromatic carbocycles. The molecule has 0 unspecified atom stereocenters. The van der Waals surface area contributed by atoms with Crippen LogP contribution in [0.4, 0.5) is 0 Å². The van der Waals surface area contributed by atoms with Gasteiger partial charge in [-0.1, -0.05) is 84.6 Å². The minimum atomic E-state index is 0.0135. The molecule has 31 heavy (non-hydrogen) atoms. The zero-order chi connectivity index (χ0) is 21.5. The van der Waals surface area contributed by atoms with Crippen LogP contribution in [0.2, 0.25) is 0 Å². The average molecular weight is 428 g/mol. The van der Waals surface area contributed by atoms with Crippen LogP contribution >= 0.6 is 11.8 Å². The Morgan fingerprint density at radius 3 is 2.19 bits per heavy atom. The molecular formula is C26H25N3OS. The van der Waals surface area contributed by atoms with Gasteiger partial charge in [-0.3, -0.25) is 4.79 Å². The van der Waals surface area contributed by atoms with Crippen molar-refractivity contribution >= 4 is 28.7 Å². The third-order valence-corrected chi connectivity index (χ3v) is 6.01. The third-order valence-electron chi connectivity index (χ3n) is 5.04. The van der Waals surface area contributed by atoms with Crippen LogP contribution in [0, 0.1) is 0 Å². The smallest absolute Gasteiger partial charge is 0.230 e. The molecule has 1 aromatic heterocycles. The van der Waals surface area contributed by atoms with E-state index < -0.39 is 0 Å². The SMILES string of the molecule is C[C@H](CCc1ccccc1)NC(=O)CSc1nc2ccccc2nc1-c1ccccc1. The van der Waals surface area contributed by atoms with E-state index in [0.29, 0.717) is 5.75 Å². The zero-order valence-electron chi connectivity index (χ0n) is 17.5. The lowest BCUT2D eigenvalue weighted by molar-refractivity contribution is -0.119. The molecule has 0 bridgehead atoms. The molecule has 1 heterocycles. The van der Waals surface area contributed by atoms with Crippen LogP contribution in [-0.4, -0.2) is 27.7 Å². The van der Waals surface area contributed by atoms with Gasteiger partial charge in [-0.2, -0.15) is 0 Å². The molecule has 0 saturated carbocycles. The van der Waals surface area contributed by atoms with Gasteiger partial charge in [-0.15, -0.1) is 0 Å². The van der Waals surface area contributed by atoms with Crippen LogP contribution in [0.15, 0.2) is 90.0 Å². The molecule has 4 aromatic rings. The molecule has 1 N–H and O–H groups in total. The van der Waals surface area contributed by atoms with Crippen molar-refractivity contribution in [2.75, 3.05) is 5.75 Å². The number of nitrogens with zero attached hydrogens (tertiary/aromatic N) is 2. The Labute approximate surface area is 187 Å². The van der Waals surface area contributed by atoms with Gasteiger partial charge in [-0.25, -0.2) is 9.97 Å². The molecule has 4 nitrogen and oxygen atoms in total. The van der Waals surface area contributed by atoms with E-state index in [-0.39, 0.29) is 11.9 Å². The number of thioether (sulfide) groups is 1. The number of amides is 1. The average Bonchev–Trinajstić information content (AvgIpc) is 2.82. The summed E-state index contributed by atoms with van der Waals surface area (Å²) < 4.78 is 0. The summed E-state index contributed by atoms with van der Waals surface area (Å²) >= 11 is 1.44. The number of benzene rings is 3. The number of para-hydroxylation sites is 2. The molecule has 0 radical (unpaired) electrons. The first-order valence-corrected chi connectivity index (χ1v) is 11.5. The van der Waals surface area contributed by atoms with Gasteiger partial charge in [0.05, 0.1) is 16.8 Å². The molecular weight excluding hydrogens is 402 g/mol. The standard InChI is InChI=1S/C26H25N3OS/c1-19(16-17-20-10-4-2-5-11-20)27-24(30)18-31-26-25(21-12-6-3-7-13-21)28-22-14-8-9-15-23(22)29-26/h2-15,19H,16-18H2,1H3,(H,27,30)/t19-/m1/s1. The number of hydrogen-bond donors (Lipinski definition) is 1. The van der Waals surface area contributed by atoms with Crippen molar-refractivity contribution in [1.29, 1.82) is 0 Å². The lowest BCUT2D eigenvalue weighted by Gasteiger charge is -2.14. The second kappa shape index (κ2) is 10.2. The summed E-state index contributed by atoms with van der Waals surface area (Å²) in [5, 5.41) is 3.88. The predicted octanol–water partition coefficient (Wildman–Crippen LogP) is 5.53. The minimum absolute atomic E-state index is 0.0135. The molecule has 0 spiro atoms. The van der Waals surface area contributed by atoms with Gasteiger partial charge in [-0.05, 0) is 37.5 Å². The van der Waals surface area contributed by atoms with Crippen molar-refractivity contribution in [3.8, 4) is 11.3 Å². The topological polar surface area (TPSA) is 54.9 Å². The molecule has 5 heteroatoms. The summed E-state index contributed by atoms with van der Waals surface area (Å²) in [6, 6.07) is 28.3. The van der Waals surface area contributed by atoms with Crippen molar-refractivity contribution < 1.29 is 4.79 Å². The summed E-state index contributed by atoms with van der Waals surface area (Å²) in [7, 11) is 0. The van der Waals surface area contributed by atoms with Crippen LogP contribution < -0.4 is 5.32 Å². The second-order valence-corrected chi connectivity index (χ2v) is 8.48. The van der Waals surface area contributed by atoms with Crippen LogP contribution in [0.25, 0.3) is 22.3 Å². The molecule has 0 fully saturated rings. The van der Waals surface area contributed by atoms with Crippen molar-refractivity contribution in [2.45, 2.75) is 30.8 Å². The maximum Gasteiger partial charge on any atom is 0.230 e. The van der Waals surface area contributed by atoms with Gasteiger partial charge >= 0.3 is 0 Å². The number of carbonyl (C=O) groups is 1. The van der Waals surface area contributed by atoms with Gasteiger partial charge in [0.25, 0.3) is 0 Å². The first-order chi connectivity index (χ1) is 15.2. The predicted molar refractivity (Wildman–Crippen MR) is 128 cm³/mol. The largest absolute Gasteiger partial charge is 0.353 e. The summed E-state index contributed by atoms with van der Waals surface area (Å²) in [5.41, 5.74) is 4.79. The number of carbonyl (C=O) groups excluding carboxylic acids is 1.